The van der Waals surface area contributed by atoms with E-state index in [9.17, 15) is 0 Å². The molecule has 2 aliphatic rings. The predicted molar refractivity (Wildman–Crippen MR) is 92.5 cm³/mol. The van der Waals surface area contributed by atoms with Crippen molar-refractivity contribution in [3.05, 3.63) is 48.2 Å². The zero-order valence-corrected chi connectivity index (χ0v) is 13.2. The van der Waals surface area contributed by atoms with Gasteiger partial charge in [-0.1, -0.05) is 37.3 Å². The molecule has 0 N–H and O–H groups in total. The minimum atomic E-state index is 0.687. The monoisotopic (exact) mass is 293 g/mol. The van der Waals surface area contributed by atoms with Gasteiger partial charge in [0.1, 0.15) is 0 Å². The highest BCUT2D eigenvalue weighted by molar-refractivity contribution is 5.92. The Labute approximate surface area is 132 Å². The van der Waals surface area contributed by atoms with Crippen molar-refractivity contribution in [3.63, 3.8) is 0 Å². The first kappa shape index (κ1) is 13.8. The topological polar surface area (TPSA) is 19.4 Å². The van der Waals surface area contributed by atoms with Gasteiger partial charge in [0.25, 0.3) is 0 Å². The molecule has 1 saturated heterocycles. The fourth-order valence-electron chi connectivity index (χ4n) is 3.70. The molecule has 4 rings (SSSR count). The molecule has 0 radical (unpaired) electrons. The lowest BCUT2D eigenvalue weighted by Crippen LogP contribution is -2.35. The molecule has 0 spiro atoms. The van der Waals surface area contributed by atoms with Gasteiger partial charge in [-0.2, -0.15) is 0 Å². The van der Waals surface area contributed by atoms with Crippen LogP contribution in [0.1, 0.15) is 19.0 Å². The van der Waals surface area contributed by atoms with Crippen molar-refractivity contribution >= 4 is 16.6 Å². The van der Waals surface area contributed by atoms with Crippen LogP contribution >= 0.6 is 0 Å². The molecule has 1 fully saturated rings. The molecule has 0 bridgehead atoms. The molecule has 3 heterocycles. The summed E-state index contributed by atoms with van der Waals surface area (Å²) in [6.07, 6.45) is 6.84. The average Bonchev–Trinajstić information content (AvgIpc) is 3.24. The van der Waals surface area contributed by atoms with Crippen molar-refractivity contribution in [1.82, 2.24) is 9.88 Å². The molecular formula is C19H23N3. The second kappa shape index (κ2) is 5.73. The molecule has 0 aliphatic carbocycles. The number of para-hydroxylation sites is 1. The molecule has 1 atom stereocenters. The van der Waals surface area contributed by atoms with Gasteiger partial charge in [0.05, 0.1) is 5.52 Å². The highest BCUT2D eigenvalue weighted by Crippen LogP contribution is 2.31. The van der Waals surface area contributed by atoms with E-state index in [1.165, 1.54) is 23.2 Å². The van der Waals surface area contributed by atoms with E-state index in [0.717, 1.165) is 38.1 Å². The largest absolute Gasteiger partial charge is 0.369 e. The Morgan fingerprint density at radius 1 is 1.18 bits per heavy atom. The number of nitrogens with zero attached hydrogens (tertiary/aromatic N) is 3. The maximum atomic E-state index is 4.78. The number of aryl methyl sites for hydroxylation is 1. The molecule has 22 heavy (non-hydrogen) atoms. The summed E-state index contributed by atoms with van der Waals surface area (Å²) in [5, 5.41) is 1.29. The van der Waals surface area contributed by atoms with Crippen molar-refractivity contribution in [2.24, 2.45) is 0 Å². The van der Waals surface area contributed by atoms with Crippen LogP contribution in [0.3, 0.4) is 0 Å². The van der Waals surface area contributed by atoms with Crippen LogP contribution in [0.15, 0.2) is 42.5 Å². The molecule has 1 aromatic heterocycles. The van der Waals surface area contributed by atoms with E-state index < -0.39 is 0 Å². The molecule has 0 saturated carbocycles. The van der Waals surface area contributed by atoms with Crippen LogP contribution in [0.4, 0.5) is 5.69 Å². The first-order valence-corrected chi connectivity index (χ1v) is 8.38. The van der Waals surface area contributed by atoms with Crippen molar-refractivity contribution in [1.29, 1.82) is 0 Å². The fourth-order valence-corrected chi connectivity index (χ4v) is 3.70. The highest BCUT2D eigenvalue weighted by Gasteiger charge is 2.28. The van der Waals surface area contributed by atoms with Crippen LogP contribution in [0.5, 0.6) is 0 Å². The van der Waals surface area contributed by atoms with E-state index >= 15 is 0 Å². The predicted octanol–water partition coefficient (Wildman–Crippen LogP) is 3.25. The normalized spacial score (nSPS) is 22.0. The summed E-state index contributed by atoms with van der Waals surface area (Å²) in [5.74, 6) is 0. The van der Waals surface area contributed by atoms with Crippen LogP contribution in [0, 0.1) is 0 Å². The van der Waals surface area contributed by atoms with Crippen LogP contribution < -0.4 is 4.90 Å². The second-order valence-corrected chi connectivity index (χ2v) is 6.32. The van der Waals surface area contributed by atoms with Crippen molar-refractivity contribution in [3.8, 4) is 0 Å². The first-order valence-electron chi connectivity index (χ1n) is 8.38. The molecular weight excluding hydrogens is 270 g/mol. The first-order chi connectivity index (χ1) is 10.8. The van der Waals surface area contributed by atoms with Crippen molar-refractivity contribution in [2.45, 2.75) is 25.8 Å². The van der Waals surface area contributed by atoms with Crippen LogP contribution in [-0.2, 0) is 6.42 Å². The summed E-state index contributed by atoms with van der Waals surface area (Å²) in [6.45, 7) is 6.71. The zero-order chi connectivity index (χ0) is 14.9. The van der Waals surface area contributed by atoms with Crippen LogP contribution in [-0.4, -0.2) is 42.1 Å². The lowest BCUT2D eigenvalue weighted by Gasteiger charge is -2.25. The zero-order valence-electron chi connectivity index (χ0n) is 13.2. The highest BCUT2D eigenvalue weighted by atomic mass is 15.3. The van der Waals surface area contributed by atoms with Gasteiger partial charge >= 0.3 is 0 Å². The van der Waals surface area contributed by atoms with Crippen LogP contribution in [0.2, 0.25) is 0 Å². The minimum Gasteiger partial charge on any atom is -0.369 e. The van der Waals surface area contributed by atoms with E-state index in [-0.39, 0.29) is 0 Å². The molecule has 114 valence electrons. The number of benzene rings is 1. The van der Waals surface area contributed by atoms with Gasteiger partial charge in [-0.15, -0.1) is 0 Å². The van der Waals surface area contributed by atoms with E-state index in [2.05, 4.69) is 59.2 Å². The third-order valence-electron chi connectivity index (χ3n) is 4.98. The fraction of sp³-hybridized carbons (Fsp3) is 0.421. The van der Waals surface area contributed by atoms with Crippen molar-refractivity contribution < 1.29 is 0 Å². The van der Waals surface area contributed by atoms with Gasteiger partial charge in [0, 0.05) is 49.0 Å². The Bertz CT molecular complexity index is 699. The summed E-state index contributed by atoms with van der Waals surface area (Å²) in [7, 11) is 0. The number of rotatable bonds is 3. The van der Waals surface area contributed by atoms with Gasteiger partial charge in [-0.3, -0.25) is 9.88 Å². The van der Waals surface area contributed by atoms with Crippen LogP contribution in [0.25, 0.3) is 10.9 Å². The Kier molecular flexibility index (Phi) is 3.59. The number of fused-ring (bicyclic) bond motifs is 1. The van der Waals surface area contributed by atoms with E-state index in [0.29, 0.717) is 6.04 Å². The van der Waals surface area contributed by atoms with E-state index in [1.807, 2.05) is 0 Å². The quantitative estimate of drug-likeness (QED) is 0.810. The summed E-state index contributed by atoms with van der Waals surface area (Å²) in [4.78, 5) is 9.92. The second-order valence-electron chi connectivity index (χ2n) is 6.32. The van der Waals surface area contributed by atoms with Gasteiger partial charge in [-0.25, -0.2) is 0 Å². The lowest BCUT2D eigenvalue weighted by molar-refractivity contribution is 0.271. The summed E-state index contributed by atoms with van der Waals surface area (Å²) >= 11 is 0. The number of hydrogen-bond acceptors (Lipinski definition) is 3. The Hall–Kier alpha value is -1.87. The van der Waals surface area contributed by atoms with E-state index in [1.54, 1.807) is 0 Å². The molecule has 2 aromatic rings. The maximum absolute atomic E-state index is 4.78. The molecule has 1 unspecified atom stereocenters. The summed E-state index contributed by atoms with van der Waals surface area (Å²) in [6, 6.07) is 11.5. The minimum absolute atomic E-state index is 0.687. The van der Waals surface area contributed by atoms with E-state index in [4.69, 9.17) is 4.98 Å². The Balaban J connectivity index is 1.66. The smallest absolute Gasteiger partial charge is 0.0726 e. The third kappa shape index (κ3) is 2.40. The maximum Gasteiger partial charge on any atom is 0.0726 e. The molecule has 2 aliphatic heterocycles. The van der Waals surface area contributed by atoms with Gasteiger partial charge in [0.15, 0.2) is 0 Å². The Morgan fingerprint density at radius 2 is 2.00 bits per heavy atom. The van der Waals surface area contributed by atoms with Gasteiger partial charge in [0.2, 0.25) is 0 Å². The van der Waals surface area contributed by atoms with Gasteiger partial charge in [-0.05, 0) is 25.0 Å². The number of hydrogen-bond donors (Lipinski definition) is 0. The molecule has 3 heteroatoms. The lowest BCUT2D eigenvalue weighted by atomic mass is 10.1. The van der Waals surface area contributed by atoms with Crippen molar-refractivity contribution in [2.75, 3.05) is 31.1 Å². The van der Waals surface area contributed by atoms with Gasteiger partial charge < -0.3 is 4.90 Å². The molecule has 1 aromatic carbocycles. The summed E-state index contributed by atoms with van der Waals surface area (Å²) in [5.41, 5.74) is 3.69. The number of anilines is 1. The molecule has 0 amide bonds. The number of pyridine rings is 1. The Morgan fingerprint density at radius 3 is 2.82 bits per heavy atom. The number of aromatic nitrogens is 1. The standard InChI is InChI=1S/C19H23N3/c1-2-15-13-19(17-7-3-4-8-18(17)20-15)22-12-9-16(14-22)21-10-5-6-11-21/h3-8,13,16H,2,9-12,14H2,1H3. The average molecular weight is 293 g/mol. The summed E-state index contributed by atoms with van der Waals surface area (Å²) < 4.78 is 0. The molecule has 3 nitrogen and oxygen atoms in total. The SMILES string of the molecule is CCc1cc(N2CCC(N3CC=CC3)C2)c2ccccc2n1. The third-order valence-corrected chi connectivity index (χ3v) is 4.98.